The largest absolute Gasteiger partial charge is 0.384 e. The molecule has 0 bridgehead atoms. The quantitative estimate of drug-likeness (QED) is 0.0454. The highest BCUT2D eigenvalue weighted by Gasteiger charge is 2.49. The van der Waals surface area contributed by atoms with Crippen molar-refractivity contribution in [2.45, 2.75) is 193 Å². The van der Waals surface area contributed by atoms with E-state index in [9.17, 15) is 57.5 Å². The number of carbonyl (C=O) groups is 8. The van der Waals surface area contributed by atoms with E-state index in [2.05, 4.69) is 77.4 Å². The zero-order chi connectivity index (χ0) is 78.3. The number of amides is 7. The van der Waals surface area contributed by atoms with Gasteiger partial charge >= 0.3 is 0 Å². The monoisotopic (exact) mass is 1560 g/mol. The van der Waals surface area contributed by atoms with E-state index in [0.717, 1.165) is 128 Å². The average Bonchev–Trinajstić information content (AvgIpc) is 1.60. The van der Waals surface area contributed by atoms with Gasteiger partial charge in [0, 0.05) is 59.6 Å². The van der Waals surface area contributed by atoms with Crippen molar-refractivity contribution in [3.63, 3.8) is 0 Å². The van der Waals surface area contributed by atoms with E-state index in [0.29, 0.717) is 81.0 Å². The van der Waals surface area contributed by atoms with Crippen LogP contribution < -0.4 is 76.2 Å². The van der Waals surface area contributed by atoms with Gasteiger partial charge in [-0.1, -0.05) is 82.0 Å². The minimum Gasteiger partial charge on any atom is -0.384 e. The van der Waals surface area contributed by atoms with Gasteiger partial charge in [-0.15, -0.1) is 0 Å². The Morgan fingerprint density at radius 1 is 0.432 bits per heavy atom. The molecule has 34 heteroatoms. The number of hydrogen-bond donors (Lipinski definition) is 11. The van der Waals surface area contributed by atoms with Gasteiger partial charge in [0.1, 0.15) is 121 Å². The van der Waals surface area contributed by atoms with Crippen LogP contribution in [0.5, 0.6) is 0 Å². The van der Waals surface area contributed by atoms with Crippen molar-refractivity contribution in [3.8, 4) is 0 Å². The number of aromatic amines is 1. The van der Waals surface area contributed by atoms with Gasteiger partial charge in [-0.3, -0.25) is 71.2 Å². The molecule has 0 spiro atoms. The maximum atomic E-state index is 13.3. The fourth-order valence-corrected chi connectivity index (χ4v) is 15.7. The Morgan fingerprint density at radius 2 is 0.766 bits per heavy atom. The Labute approximate surface area is 649 Å². The molecule has 3 aliphatic heterocycles. The number of carbonyl (C=O) groups excluding carboxylic acids is 8. The van der Waals surface area contributed by atoms with E-state index in [1.54, 1.807) is 69.2 Å². The van der Waals surface area contributed by atoms with Crippen LogP contribution in [0.1, 0.15) is 218 Å². The van der Waals surface area contributed by atoms with E-state index < -0.39 is 28.5 Å². The molecule has 7 fully saturated rings. The lowest BCUT2D eigenvalue weighted by molar-refractivity contribution is -0.120. The van der Waals surface area contributed by atoms with Crippen molar-refractivity contribution < 1.29 is 38.4 Å². The number of nitrogens with one attached hydrogen (secondary N) is 9. The highest BCUT2D eigenvalue weighted by molar-refractivity contribution is 6.30. The fraction of sp³-hybridized carbons (Fsp3) is 0.481. The molecule has 13 N–H and O–H groups in total. The SMILES string of the molecule is C.CC(=O)C1CCCC1.CC1(C2CCCC2)NC(=O)c2ccc(Cl)c(=O)n21.CC1(C2CCCC2)NC(=O)c2ccc(Nc3cc(NC(=O)C4CC4)ncn3)c(=O)n21.CC1(C2CCCC2)NC(=O)c2ccc(Nc3cc(NC(=O)C4CC4)ncn3)c(=O)n21.NC(=O)c1ccc(Cl)c(=O)[nH]1.Nc1cc(NC(=O)C2CC2)ncn1. The summed E-state index contributed by atoms with van der Waals surface area (Å²) in [6, 6.07) is 17.0. The zero-order valence-corrected chi connectivity index (χ0v) is 63.0. The van der Waals surface area contributed by atoms with Gasteiger partial charge in [0.15, 0.2) is 0 Å². The van der Waals surface area contributed by atoms with Crippen molar-refractivity contribution in [3.05, 3.63) is 160 Å². The molecule has 3 atom stereocenters. The van der Waals surface area contributed by atoms with E-state index in [1.807, 2.05) is 20.8 Å². The number of ketones is 1. The van der Waals surface area contributed by atoms with E-state index in [4.69, 9.17) is 34.7 Å². The second-order valence-corrected chi connectivity index (χ2v) is 30.8. The van der Waals surface area contributed by atoms with E-state index >= 15 is 0 Å². The smallest absolute Gasteiger partial charge is 0.276 e. The molecule has 0 aromatic carbocycles. The number of nitrogen functional groups attached to an aromatic ring is 1. The van der Waals surface area contributed by atoms with Crippen LogP contribution >= 0.6 is 23.2 Å². The number of Topliss-reactive ketones (excluding diaryl/α,β-unsaturated/α-hetero) is 1. The Bertz CT molecular complexity index is 4800. The van der Waals surface area contributed by atoms with E-state index in [1.165, 1.54) is 50.0 Å². The molecule has 588 valence electrons. The highest BCUT2D eigenvalue weighted by atomic mass is 35.5. The third-order valence-corrected chi connectivity index (χ3v) is 22.6. The third-order valence-electron chi connectivity index (χ3n) is 22.0. The summed E-state index contributed by atoms with van der Waals surface area (Å²) in [6.45, 7) is 7.49. The first-order valence-electron chi connectivity index (χ1n) is 37.4. The van der Waals surface area contributed by atoms with Crippen LogP contribution in [0.3, 0.4) is 0 Å². The minimum atomic E-state index is -0.729. The summed E-state index contributed by atoms with van der Waals surface area (Å²) < 4.78 is 4.73. The molecule has 10 heterocycles. The molecule has 7 aromatic rings. The number of pyridine rings is 4. The van der Waals surface area contributed by atoms with Gasteiger partial charge in [0.05, 0.1) is 0 Å². The number of hydrogen-bond acceptors (Lipinski definition) is 21. The summed E-state index contributed by atoms with van der Waals surface area (Å²) in [5, 5.41) is 23.5. The Morgan fingerprint density at radius 3 is 1.11 bits per heavy atom. The molecule has 7 amide bonds. The van der Waals surface area contributed by atoms with Crippen molar-refractivity contribution in [2.24, 2.45) is 47.2 Å². The van der Waals surface area contributed by atoms with Gasteiger partial charge in [0.2, 0.25) is 17.7 Å². The topological polar surface area (TPSA) is 461 Å². The molecule has 111 heavy (non-hydrogen) atoms. The summed E-state index contributed by atoms with van der Waals surface area (Å²) in [6.07, 6.45) is 27.1. The lowest BCUT2D eigenvalue weighted by atomic mass is 9.92. The maximum absolute atomic E-state index is 13.3. The van der Waals surface area contributed by atoms with Gasteiger partial charge in [-0.25, -0.2) is 29.9 Å². The van der Waals surface area contributed by atoms with Gasteiger partial charge < -0.3 is 59.0 Å². The molecule has 7 aliphatic carbocycles. The number of nitrogens with two attached hydrogens (primary N) is 2. The molecule has 7 aromatic heterocycles. The first kappa shape index (κ1) is 81.0. The zero-order valence-electron chi connectivity index (χ0n) is 61.5. The van der Waals surface area contributed by atoms with Crippen molar-refractivity contribution in [1.82, 2.24) is 64.5 Å². The van der Waals surface area contributed by atoms with Crippen molar-refractivity contribution >= 4 is 117 Å². The Hall–Kier alpha value is -11.0. The highest BCUT2D eigenvalue weighted by Crippen LogP contribution is 2.43. The number of primary amides is 1. The first-order chi connectivity index (χ1) is 52.6. The number of anilines is 8. The lowest BCUT2D eigenvalue weighted by Gasteiger charge is -2.33. The fourth-order valence-electron chi connectivity index (χ4n) is 15.4. The molecule has 32 nitrogen and oxygen atoms in total. The molecule has 10 aliphatic rings. The second-order valence-electron chi connectivity index (χ2n) is 30.0. The molecule has 3 unspecified atom stereocenters. The summed E-state index contributed by atoms with van der Waals surface area (Å²) in [5.41, 5.74) is 8.74. The van der Waals surface area contributed by atoms with E-state index in [-0.39, 0.29) is 105 Å². The average molecular weight is 1560 g/mol. The van der Waals surface area contributed by atoms with Crippen LogP contribution in [0, 0.1) is 41.4 Å². The van der Waals surface area contributed by atoms with Gasteiger partial charge in [0.25, 0.3) is 45.9 Å². The summed E-state index contributed by atoms with van der Waals surface area (Å²) >= 11 is 11.3. The second kappa shape index (κ2) is 34.5. The first-order valence-corrected chi connectivity index (χ1v) is 38.2. The standard InChI is InChI=1S/2C21H24N6O3.C13H15ClN2O2.C8H10N4O.C7H12O.C6H5ClN2O2.CH4/c2*1-21(13-4-2-3-5-13)26-19(29)15-9-8-14(20(30)27(15)21)24-16-10-17(23-11-22-16)25-18(28)12-6-7-12;1-13(8-4-2-3-5-8)15-11(17)10-7-6-9(14)12(18)16(10)13;9-6-3-7(11-4-10-6)12-8(13)5-1-2-5;1-6(8)7-4-2-3-5-7;7-3-1-2-4(5(8)10)9-6(3)11;/h2*8-13H,2-7H2,1H3,(H,26,29)(H2,22,23,24,25,28);6-8H,2-5H2,1H3,(H,15,17);3-5H,1-2H2,(H3,9,10,11,12,13);7H,2-5H2,1H3;1-2H,(H2,8,10)(H,9,11);1H4. The van der Waals surface area contributed by atoms with Crippen molar-refractivity contribution in [2.75, 3.05) is 32.3 Å². The molecule has 7 saturated carbocycles. The van der Waals surface area contributed by atoms with Crippen molar-refractivity contribution in [1.29, 1.82) is 0 Å². The summed E-state index contributed by atoms with van der Waals surface area (Å²) in [5.74, 6) is 2.90. The Balaban J connectivity index is 0.000000140. The normalized spacial score (nSPS) is 21.3. The van der Waals surface area contributed by atoms with Crippen LogP contribution in [-0.2, 0) is 36.2 Å². The van der Waals surface area contributed by atoms with Crippen LogP contribution in [0.25, 0.3) is 0 Å². The minimum absolute atomic E-state index is 0. The maximum Gasteiger partial charge on any atom is 0.276 e. The van der Waals surface area contributed by atoms with Crippen LogP contribution in [0.2, 0.25) is 10.0 Å². The molecular weight excluding hydrogens is 1470 g/mol. The molecule has 17 rings (SSSR count). The van der Waals surface area contributed by atoms with Gasteiger partial charge in [-0.05, 0) is 166 Å². The summed E-state index contributed by atoms with van der Waals surface area (Å²) in [4.78, 5) is 169. The van der Waals surface area contributed by atoms with Crippen LogP contribution in [0.4, 0.5) is 46.3 Å². The van der Waals surface area contributed by atoms with Crippen LogP contribution in [-0.4, -0.2) is 95.7 Å². The number of fused-ring (bicyclic) bond motifs is 3. The molecule has 0 radical (unpaired) electrons. The number of nitrogens with zero attached hydrogens (tertiary/aromatic N) is 9. The predicted molar refractivity (Wildman–Crippen MR) is 417 cm³/mol. The molecular formula is C77H94Cl2N20O12. The third kappa shape index (κ3) is 18.7. The van der Waals surface area contributed by atoms with Gasteiger partial charge in [-0.2, -0.15) is 0 Å². The van der Waals surface area contributed by atoms with Crippen LogP contribution in [0.15, 0.2) is 105 Å². The lowest BCUT2D eigenvalue weighted by Crippen LogP contribution is -2.50. The molecule has 0 saturated heterocycles. The summed E-state index contributed by atoms with van der Waals surface area (Å²) in [7, 11) is 0. The number of rotatable bonds is 15. The number of H-pyrrole nitrogens is 1. The number of aromatic nitrogens is 10. The Kier molecular flexibility index (Phi) is 25.2. The number of halogens is 2. The predicted octanol–water partition coefficient (Wildman–Crippen LogP) is 9.72.